The van der Waals surface area contributed by atoms with E-state index in [2.05, 4.69) is 65.2 Å². The van der Waals surface area contributed by atoms with Gasteiger partial charge >= 0.3 is 0 Å². The highest BCUT2D eigenvalue weighted by Gasteiger charge is 2.15. The first-order valence-corrected chi connectivity index (χ1v) is 7.78. The molecule has 0 saturated carbocycles. The minimum Gasteiger partial charge on any atom is -0.299 e. The van der Waals surface area contributed by atoms with Crippen LogP contribution in [-0.4, -0.2) is 47.1 Å². The molecule has 110 valence electrons. The maximum atomic E-state index is 2.59. The first-order valence-electron chi connectivity index (χ1n) is 7.78. The molecule has 0 rings (SSSR count). The first kappa shape index (κ1) is 17.9. The quantitative estimate of drug-likeness (QED) is 0.575. The molecule has 0 radical (unpaired) electrons. The van der Waals surface area contributed by atoms with Gasteiger partial charge in [0.25, 0.3) is 0 Å². The number of rotatable bonds is 9. The molecule has 2 heteroatoms. The zero-order valence-electron chi connectivity index (χ0n) is 14.0. The molecule has 0 atom stereocenters. The summed E-state index contributed by atoms with van der Waals surface area (Å²) in [5.41, 5.74) is 0. The van der Waals surface area contributed by atoms with Crippen molar-refractivity contribution in [3.63, 3.8) is 0 Å². The van der Waals surface area contributed by atoms with Gasteiger partial charge in [-0.05, 0) is 81.3 Å². The second-order valence-electron chi connectivity index (χ2n) is 6.56. The van der Waals surface area contributed by atoms with Crippen LogP contribution in [0.5, 0.6) is 0 Å². The van der Waals surface area contributed by atoms with Crippen molar-refractivity contribution in [1.82, 2.24) is 9.80 Å². The number of hydrogen-bond donors (Lipinski definition) is 0. The molecule has 0 bridgehead atoms. The van der Waals surface area contributed by atoms with Gasteiger partial charge < -0.3 is 0 Å². The molecule has 0 spiro atoms. The second-order valence-corrected chi connectivity index (χ2v) is 6.56. The molecular formula is C16H36N2. The summed E-state index contributed by atoms with van der Waals surface area (Å²) < 4.78 is 0. The molecule has 0 N–H and O–H groups in total. The van der Waals surface area contributed by atoms with Crippen molar-refractivity contribution in [2.45, 2.75) is 92.4 Å². The van der Waals surface area contributed by atoms with Gasteiger partial charge in [0.15, 0.2) is 0 Å². The summed E-state index contributed by atoms with van der Waals surface area (Å²) >= 11 is 0. The zero-order valence-corrected chi connectivity index (χ0v) is 14.0. The van der Waals surface area contributed by atoms with Crippen molar-refractivity contribution in [2.24, 2.45) is 0 Å². The Labute approximate surface area is 116 Å². The minimum absolute atomic E-state index is 0.663. The van der Waals surface area contributed by atoms with Crippen molar-refractivity contribution >= 4 is 0 Å². The Kier molecular flexibility index (Phi) is 8.89. The van der Waals surface area contributed by atoms with Crippen LogP contribution >= 0.6 is 0 Å². The molecule has 0 aliphatic heterocycles. The molecule has 2 nitrogen and oxygen atoms in total. The van der Waals surface area contributed by atoms with E-state index in [-0.39, 0.29) is 0 Å². The third-order valence-corrected chi connectivity index (χ3v) is 3.74. The normalized spacial score (nSPS) is 13.0. The maximum Gasteiger partial charge on any atom is 0.00412 e. The van der Waals surface area contributed by atoms with Gasteiger partial charge in [-0.25, -0.2) is 0 Å². The van der Waals surface area contributed by atoms with Crippen molar-refractivity contribution in [2.75, 3.05) is 13.1 Å². The molecule has 0 amide bonds. The third-order valence-electron chi connectivity index (χ3n) is 3.74. The van der Waals surface area contributed by atoms with Gasteiger partial charge in [0.2, 0.25) is 0 Å². The molecule has 0 aliphatic rings. The smallest absolute Gasteiger partial charge is 0.00412 e. The van der Waals surface area contributed by atoms with E-state index in [0.29, 0.717) is 24.2 Å². The van der Waals surface area contributed by atoms with Crippen LogP contribution in [0.2, 0.25) is 0 Å². The number of unbranched alkanes of at least 4 members (excludes halogenated alkanes) is 1. The Balaban J connectivity index is 3.96. The SMILES string of the molecule is CC(C)N(CCCCN(C(C)C)C(C)C)C(C)C. The average molecular weight is 256 g/mol. The molecule has 0 fully saturated rings. The van der Waals surface area contributed by atoms with Crippen LogP contribution in [0, 0.1) is 0 Å². The lowest BCUT2D eigenvalue weighted by Crippen LogP contribution is -2.39. The van der Waals surface area contributed by atoms with Crippen LogP contribution in [0.1, 0.15) is 68.2 Å². The Hall–Kier alpha value is -0.0800. The molecule has 0 aliphatic carbocycles. The van der Waals surface area contributed by atoms with Crippen LogP contribution in [0.25, 0.3) is 0 Å². The van der Waals surface area contributed by atoms with Crippen molar-refractivity contribution in [1.29, 1.82) is 0 Å². The fraction of sp³-hybridized carbons (Fsp3) is 1.00. The summed E-state index contributed by atoms with van der Waals surface area (Å²) in [7, 11) is 0. The van der Waals surface area contributed by atoms with Crippen LogP contribution in [0.15, 0.2) is 0 Å². The lowest BCUT2D eigenvalue weighted by atomic mass is 10.1. The Morgan fingerprint density at radius 2 is 0.722 bits per heavy atom. The predicted molar refractivity (Wildman–Crippen MR) is 83.2 cm³/mol. The lowest BCUT2D eigenvalue weighted by molar-refractivity contribution is 0.150. The van der Waals surface area contributed by atoms with Crippen LogP contribution in [-0.2, 0) is 0 Å². The highest BCUT2D eigenvalue weighted by Crippen LogP contribution is 2.10. The molecule has 0 unspecified atom stereocenters. The zero-order chi connectivity index (χ0) is 14.3. The maximum absolute atomic E-state index is 2.59. The van der Waals surface area contributed by atoms with E-state index in [1.807, 2.05) is 0 Å². The molecule has 0 saturated heterocycles. The molecular weight excluding hydrogens is 220 g/mol. The molecule has 0 aromatic rings. The van der Waals surface area contributed by atoms with E-state index in [0.717, 1.165) is 0 Å². The summed E-state index contributed by atoms with van der Waals surface area (Å²) in [5.74, 6) is 0. The third kappa shape index (κ3) is 6.75. The van der Waals surface area contributed by atoms with Crippen LogP contribution < -0.4 is 0 Å². The number of hydrogen-bond acceptors (Lipinski definition) is 2. The second kappa shape index (κ2) is 8.92. The summed E-state index contributed by atoms with van der Waals surface area (Å²) in [4.78, 5) is 5.18. The largest absolute Gasteiger partial charge is 0.299 e. The van der Waals surface area contributed by atoms with Gasteiger partial charge in [-0.3, -0.25) is 9.80 Å². The van der Waals surface area contributed by atoms with Gasteiger partial charge in [0.05, 0.1) is 0 Å². The molecule has 0 aromatic heterocycles. The van der Waals surface area contributed by atoms with Gasteiger partial charge in [-0.2, -0.15) is 0 Å². The van der Waals surface area contributed by atoms with E-state index in [1.54, 1.807) is 0 Å². The summed E-state index contributed by atoms with van der Waals surface area (Å²) in [5, 5.41) is 0. The summed E-state index contributed by atoms with van der Waals surface area (Å²) in [6.07, 6.45) is 2.62. The van der Waals surface area contributed by atoms with Crippen LogP contribution in [0.3, 0.4) is 0 Å². The first-order chi connectivity index (χ1) is 8.27. The van der Waals surface area contributed by atoms with Gasteiger partial charge in [-0.15, -0.1) is 0 Å². The molecule has 0 aromatic carbocycles. The van der Waals surface area contributed by atoms with Crippen LogP contribution in [0.4, 0.5) is 0 Å². The number of nitrogens with zero attached hydrogens (tertiary/aromatic N) is 2. The average Bonchev–Trinajstić information content (AvgIpc) is 2.20. The molecule has 18 heavy (non-hydrogen) atoms. The topological polar surface area (TPSA) is 6.48 Å². The van der Waals surface area contributed by atoms with E-state index >= 15 is 0 Å². The molecule has 0 heterocycles. The van der Waals surface area contributed by atoms with E-state index in [4.69, 9.17) is 0 Å². The Morgan fingerprint density at radius 1 is 0.500 bits per heavy atom. The monoisotopic (exact) mass is 256 g/mol. The fourth-order valence-electron chi connectivity index (χ4n) is 2.81. The van der Waals surface area contributed by atoms with Gasteiger partial charge in [0.1, 0.15) is 0 Å². The Morgan fingerprint density at radius 3 is 0.889 bits per heavy atom. The standard InChI is InChI=1S/C16H36N2/c1-13(2)17(14(3)4)11-9-10-12-18(15(5)6)16(7)8/h13-16H,9-12H2,1-8H3. The van der Waals surface area contributed by atoms with Crippen molar-refractivity contribution in [3.05, 3.63) is 0 Å². The van der Waals surface area contributed by atoms with E-state index < -0.39 is 0 Å². The highest BCUT2D eigenvalue weighted by atomic mass is 15.2. The van der Waals surface area contributed by atoms with Gasteiger partial charge in [0, 0.05) is 24.2 Å². The van der Waals surface area contributed by atoms with E-state index in [1.165, 1.54) is 25.9 Å². The summed E-state index contributed by atoms with van der Waals surface area (Å²) in [6.45, 7) is 20.9. The Bertz CT molecular complexity index is 159. The van der Waals surface area contributed by atoms with Gasteiger partial charge in [-0.1, -0.05) is 0 Å². The minimum atomic E-state index is 0.663. The summed E-state index contributed by atoms with van der Waals surface area (Å²) in [6, 6.07) is 2.65. The lowest BCUT2D eigenvalue weighted by Gasteiger charge is -2.32. The predicted octanol–water partition coefficient (Wildman–Crippen LogP) is 4.00. The highest BCUT2D eigenvalue weighted by molar-refractivity contribution is 4.70. The van der Waals surface area contributed by atoms with Crippen molar-refractivity contribution < 1.29 is 0 Å². The fourth-order valence-corrected chi connectivity index (χ4v) is 2.81. The van der Waals surface area contributed by atoms with E-state index in [9.17, 15) is 0 Å². The van der Waals surface area contributed by atoms with Crippen molar-refractivity contribution in [3.8, 4) is 0 Å².